The SMILES string of the molecule is C[C@]1(O)CCN([C@@H]2CCOc3cc(S(=O)(=O)Cc4ncns4)ccc32)[C@H](c2ccc(F)cc2)C1.C[C@]1(O)CCN([C@H]2CCOc3cc(S(=O)(=O)Cc4ncns4)ccc32)[C@H](c2ccc(F)cc2)C1. The molecule has 2 aromatic heterocycles. The van der Waals surface area contributed by atoms with Crippen LogP contribution in [0.15, 0.2) is 107 Å². The Morgan fingerprint density at radius 1 is 0.618 bits per heavy atom. The molecule has 0 radical (unpaired) electrons. The monoisotopic (exact) mass is 1010 g/mol. The lowest BCUT2D eigenvalue weighted by Gasteiger charge is -2.47. The van der Waals surface area contributed by atoms with Crippen molar-refractivity contribution in [3.8, 4) is 11.5 Å². The number of aliphatic hydroxyl groups is 2. The fourth-order valence-electron chi connectivity index (χ4n) is 9.85. The predicted molar refractivity (Wildman–Crippen MR) is 252 cm³/mol. The molecule has 0 saturated carbocycles. The van der Waals surface area contributed by atoms with E-state index in [1.54, 1.807) is 48.5 Å². The molecule has 6 atom stereocenters. The number of sulfone groups is 2. The van der Waals surface area contributed by atoms with Gasteiger partial charge in [0.1, 0.15) is 57.3 Å². The van der Waals surface area contributed by atoms with Crippen LogP contribution >= 0.6 is 23.1 Å². The summed E-state index contributed by atoms with van der Waals surface area (Å²) in [6, 6.07) is 22.8. The fourth-order valence-corrected chi connectivity index (χ4v) is 14.1. The highest BCUT2D eigenvalue weighted by atomic mass is 32.2. The minimum absolute atomic E-state index is 0.00480. The zero-order valence-corrected chi connectivity index (χ0v) is 40.7. The second-order valence-corrected chi connectivity index (χ2v) is 24.1. The number of fused-ring (bicyclic) bond motifs is 2. The summed E-state index contributed by atoms with van der Waals surface area (Å²) in [6.07, 6.45) is 6.47. The lowest BCUT2D eigenvalue weighted by Crippen LogP contribution is -2.46. The van der Waals surface area contributed by atoms with Crippen molar-refractivity contribution in [2.45, 2.75) is 109 Å². The van der Waals surface area contributed by atoms with E-state index >= 15 is 0 Å². The van der Waals surface area contributed by atoms with Gasteiger partial charge in [0, 0.05) is 61.2 Å². The first-order valence-electron chi connectivity index (χ1n) is 22.4. The third-order valence-electron chi connectivity index (χ3n) is 13.3. The van der Waals surface area contributed by atoms with Crippen LogP contribution in [0.5, 0.6) is 11.5 Å². The Morgan fingerprint density at radius 2 is 1.01 bits per heavy atom. The van der Waals surface area contributed by atoms with E-state index in [9.17, 15) is 35.8 Å². The molecule has 10 rings (SSSR count). The molecule has 360 valence electrons. The topological polar surface area (TPSA) is 185 Å². The van der Waals surface area contributed by atoms with Crippen LogP contribution < -0.4 is 9.47 Å². The predicted octanol–water partition coefficient (Wildman–Crippen LogP) is 8.13. The van der Waals surface area contributed by atoms with Gasteiger partial charge in [0.05, 0.1) is 34.2 Å². The van der Waals surface area contributed by atoms with E-state index in [4.69, 9.17) is 9.47 Å². The third kappa shape index (κ3) is 10.8. The summed E-state index contributed by atoms with van der Waals surface area (Å²) < 4.78 is 98.4. The first-order chi connectivity index (χ1) is 32.4. The number of piperidine rings is 2. The quantitative estimate of drug-likeness (QED) is 0.134. The highest BCUT2D eigenvalue weighted by molar-refractivity contribution is 7.91. The molecule has 4 aliphatic rings. The highest BCUT2D eigenvalue weighted by Crippen LogP contribution is 2.48. The van der Waals surface area contributed by atoms with E-state index < -0.39 is 30.9 Å². The number of hydrogen-bond donors (Lipinski definition) is 2. The third-order valence-corrected chi connectivity index (χ3v) is 18.3. The van der Waals surface area contributed by atoms with Crippen molar-refractivity contribution in [1.82, 2.24) is 28.5 Å². The Bertz CT molecular complexity index is 2730. The Hall–Kier alpha value is -4.80. The van der Waals surface area contributed by atoms with Crippen LogP contribution in [0, 0.1) is 11.6 Å². The van der Waals surface area contributed by atoms with Crippen LogP contribution in [-0.4, -0.2) is 93.1 Å². The molecule has 14 nitrogen and oxygen atoms in total. The van der Waals surface area contributed by atoms with Gasteiger partial charge in [-0.2, -0.15) is 8.75 Å². The fraction of sp³-hybridized carbons (Fsp3) is 0.417. The molecule has 0 spiro atoms. The summed E-state index contributed by atoms with van der Waals surface area (Å²) in [5, 5.41) is 22.5. The van der Waals surface area contributed by atoms with Crippen LogP contribution in [0.3, 0.4) is 0 Å². The van der Waals surface area contributed by atoms with Gasteiger partial charge in [0.15, 0.2) is 19.7 Å². The second kappa shape index (κ2) is 19.5. The molecule has 68 heavy (non-hydrogen) atoms. The van der Waals surface area contributed by atoms with Gasteiger partial charge >= 0.3 is 0 Å². The van der Waals surface area contributed by atoms with E-state index in [0.717, 1.165) is 58.2 Å². The van der Waals surface area contributed by atoms with Crippen molar-refractivity contribution in [3.05, 3.63) is 141 Å². The van der Waals surface area contributed by atoms with Crippen molar-refractivity contribution < 1.29 is 45.3 Å². The standard InChI is InChI=1S/2C24H26FN3O4S2/c2*1-24(29)9-10-28(21(13-24)16-2-4-17(25)5-3-16)20-8-11-32-22-12-18(6-7-19(20)22)34(30,31)14-23-26-15-27-33-23/h2*2-7,12,15,20-21,29H,8-11,13-14H2,1H3/t20-,21+,24+;20-,21-,24-/m10/s1. The van der Waals surface area contributed by atoms with Gasteiger partial charge in [0.25, 0.3) is 0 Å². The number of rotatable bonds is 10. The van der Waals surface area contributed by atoms with E-state index in [1.807, 2.05) is 26.0 Å². The molecule has 4 aromatic carbocycles. The average Bonchev–Trinajstić information content (AvgIpc) is 4.03. The first-order valence-corrected chi connectivity index (χ1v) is 27.3. The van der Waals surface area contributed by atoms with Gasteiger partial charge in [0.2, 0.25) is 0 Å². The molecule has 2 N–H and O–H groups in total. The molecular weight excluding hydrogens is 955 g/mol. The number of nitrogens with zero attached hydrogens (tertiary/aromatic N) is 6. The zero-order valence-electron chi connectivity index (χ0n) is 37.4. The normalized spacial score (nSPS) is 25.5. The molecule has 0 amide bonds. The summed E-state index contributed by atoms with van der Waals surface area (Å²) in [5.74, 6) is 0.129. The molecule has 6 aromatic rings. The van der Waals surface area contributed by atoms with Crippen molar-refractivity contribution in [1.29, 1.82) is 0 Å². The molecule has 20 heteroatoms. The maximum absolute atomic E-state index is 13.6. The van der Waals surface area contributed by atoms with Crippen LogP contribution in [0.25, 0.3) is 0 Å². The van der Waals surface area contributed by atoms with Gasteiger partial charge in [-0.1, -0.05) is 36.4 Å². The minimum Gasteiger partial charge on any atom is -0.493 e. The van der Waals surface area contributed by atoms with Gasteiger partial charge in [-0.25, -0.2) is 35.6 Å². The summed E-state index contributed by atoms with van der Waals surface area (Å²) >= 11 is 2.14. The van der Waals surface area contributed by atoms with Crippen molar-refractivity contribution in [2.24, 2.45) is 0 Å². The van der Waals surface area contributed by atoms with Gasteiger partial charge in [-0.15, -0.1) is 0 Å². The highest BCUT2D eigenvalue weighted by Gasteiger charge is 2.43. The lowest BCUT2D eigenvalue weighted by atomic mass is 9.82. The first kappa shape index (κ1) is 48.2. The van der Waals surface area contributed by atoms with Crippen molar-refractivity contribution >= 4 is 42.7 Å². The van der Waals surface area contributed by atoms with Crippen LogP contribution in [0.1, 0.15) is 109 Å². The maximum Gasteiger partial charge on any atom is 0.185 e. The average molecular weight is 1010 g/mol. The van der Waals surface area contributed by atoms with Gasteiger partial charge in [-0.05, 0) is 122 Å². The van der Waals surface area contributed by atoms with Crippen molar-refractivity contribution in [3.63, 3.8) is 0 Å². The van der Waals surface area contributed by atoms with Crippen LogP contribution in [0.4, 0.5) is 8.78 Å². The Kier molecular flexibility index (Phi) is 13.9. The molecular formula is C48H52F2N6O8S4. The molecule has 0 aliphatic carbocycles. The molecule has 0 unspecified atom stereocenters. The van der Waals surface area contributed by atoms with Crippen LogP contribution in [0.2, 0.25) is 0 Å². The van der Waals surface area contributed by atoms with Gasteiger partial charge in [-0.3, -0.25) is 9.80 Å². The number of halogens is 2. The number of ether oxygens (including phenoxy) is 2. The lowest BCUT2D eigenvalue weighted by molar-refractivity contribution is -0.0544. The Labute approximate surface area is 402 Å². The maximum atomic E-state index is 13.6. The number of hydrogen-bond acceptors (Lipinski definition) is 16. The minimum atomic E-state index is -3.59. The number of aromatic nitrogens is 4. The molecule has 2 saturated heterocycles. The summed E-state index contributed by atoms with van der Waals surface area (Å²) in [4.78, 5) is 13.0. The van der Waals surface area contributed by atoms with Crippen molar-refractivity contribution in [2.75, 3.05) is 26.3 Å². The van der Waals surface area contributed by atoms with E-state index in [0.29, 0.717) is 73.5 Å². The number of likely N-dealkylation sites (tertiary alicyclic amines) is 2. The van der Waals surface area contributed by atoms with E-state index in [-0.39, 0.29) is 57.1 Å². The molecule has 4 aliphatic heterocycles. The smallest absolute Gasteiger partial charge is 0.185 e. The molecule has 6 heterocycles. The second-order valence-electron chi connectivity index (χ2n) is 18.4. The Morgan fingerprint density at radius 3 is 1.38 bits per heavy atom. The summed E-state index contributed by atoms with van der Waals surface area (Å²) in [5.41, 5.74) is 2.12. The molecule has 2 fully saturated rings. The number of benzene rings is 4. The van der Waals surface area contributed by atoms with Crippen LogP contribution in [-0.2, 0) is 31.2 Å². The van der Waals surface area contributed by atoms with Gasteiger partial charge < -0.3 is 19.7 Å². The zero-order chi connectivity index (χ0) is 47.8. The summed E-state index contributed by atoms with van der Waals surface area (Å²) in [6.45, 7) is 5.93. The summed E-state index contributed by atoms with van der Waals surface area (Å²) in [7, 11) is -7.17. The largest absolute Gasteiger partial charge is 0.493 e. The molecule has 0 bridgehead atoms. The van der Waals surface area contributed by atoms with E-state index in [2.05, 4.69) is 28.5 Å². The Balaban J connectivity index is 0.000000170. The van der Waals surface area contributed by atoms with E-state index in [1.165, 1.54) is 36.9 Å².